The van der Waals surface area contributed by atoms with Gasteiger partial charge in [-0.3, -0.25) is 4.79 Å². The molecule has 1 amide bonds. The molecule has 1 aromatic carbocycles. The number of aromatic nitrogens is 2. The van der Waals surface area contributed by atoms with Crippen molar-refractivity contribution >= 4 is 17.2 Å². The van der Waals surface area contributed by atoms with E-state index in [0.717, 1.165) is 5.56 Å². The zero-order chi connectivity index (χ0) is 15.6. The van der Waals surface area contributed by atoms with Gasteiger partial charge in [-0.15, -0.1) is 0 Å². The van der Waals surface area contributed by atoms with E-state index in [4.69, 9.17) is 4.52 Å². The van der Waals surface area contributed by atoms with Crippen molar-refractivity contribution in [2.75, 3.05) is 13.1 Å². The molecular formula is C17H15N3O2S. The van der Waals surface area contributed by atoms with Crippen LogP contribution in [0.3, 0.4) is 0 Å². The molecule has 0 aliphatic carbocycles. The first-order valence-electron chi connectivity index (χ1n) is 7.45. The predicted molar refractivity (Wildman–Crippen MR) is 86.4 cm³/mol. The number of benzene rings is 1. The molecule has 23 heavy (non-hydrogen) atoms. The highest BCUT2D eigenvalue weighted by Crippen LogP contribution is 2.38. The molecule has 0 saturated carbocycles. The maximum absolute atomic E-state index is 12.7. The van der Waals surface area contributed by atoms with E-state index in [9.17, 15) is 4.79 Å². The summed E-state index contributed by atoms with van der Waals surface area (Å²) in [4.78, 5) is 18.8. The molecule has 0 unspecified atom stereocenters. The zero-order valence-electron chi connectivity index (χ0n) is 12.3. The molecule has 5 nitrogen and oxygen atoms in total. The van der Waals surface area contributed by atoms with Gasteiger partial charge >= 0.3 is 0 Å². The van der Waals surface area contributed by atoms with Gasteiger partial charge in [-0.2, -0.15) is 16.3 Å². The van der Waals surface area contributed by atoms with E-state index < -0.39 is 0 Å². The summed E-state index contributed by atoms with van der Waals surface area (Å²) < 4.78 is 4.92. The molecule has 1 saturated heterocycles. The maximum atomic E-state index is 12.7. The number of hydrogen-bond donors (Lipinski definition) is 0. The molecule has 3 aromatic rings. The lowest BCUT2D eigenvalue weighted by Gasteiger charge is -2.16. The van der Waals surface area contributed by atoms with E-state index in [1.807, 2.05) is 39.9 Å². The van der Waals surface area contributed by atoms with Crippen molar-refractivity contribution in [3.63, 3.8) is 0 Å². The Labute approximate surface area is 137 Å². The number of rotatable bonds is 3. The minimum atomic E-state index is 0.0544. The number of amides is 1. The van der Waals surface area contributed by atoms with Gasteiger partial charge in [-0.05, 0) is 17.0 Å². The Morgan fingerprint density at radius 2 is 2.00 bits per heavy atom. The number of thiophene rings is 1. The van der Waals surface area contributed by atoms with Crippen LogP contribution in [0, 0.1) is 0 Å². The first-order valence-corrected chi connectivity index (χ1v) is 8.40. The van der Waals surface area contributed by atoms with Gasteiger partial charge in [0.25, 0.3) is 5.91 Å². The molecule has 2 atom stereocenters. The molecule has 1 fully saturated rings. The summed E-state index contributed by atoms with van der Waals surface area (Å²) in [6.45, 7) is 1.27. The van der Waals surface area contributed by atoms with E-state index in [2.05, 4.69) is 22.3 Å². The predicted octanol–water partition coefficient (Wildman–Crippen LogP) is 3.15. The van der Waals surface area contributed by atoms with Gasteiger partial charge < -0.3 is 9.42 Å². The van der Waals surface area contributed by atoms with Crippen LogP contribution in [0.1, 0.15) is 33.6 Å². The topological polar surface area (TPSA) is 59.2 Å². The Kier molecular flexibility index (Phi) is 3.67. The molecule has 1 aliphatic rings. The molecule has 6 heteroatoms. The van der Waals surface area contributed by atoms with Crippen LogP contribution in [0.15, 0.2) is 58.1 Å². The van der Waals surface area contributed by atoms with Gasteiger partial charge in [0.05, 0.1) is 5.56 Å². The number of nitrogens with zero attached hydrogens (tertiary/aromatic N) is 3. The van der Waals surface area contributed by atoms with Gasteiger partial charge in [-0.1, -0.05) is 35.5 Å². The summed E-state index contributed by atoms with van der Waals surface area (Å²) in [6, 6.07) is 12.1. The van der Waals surface area contributed by atoms with Crippen molar-refractivity contribution < 1.29 is 9.32 Å². The van der Waals surface area contributed by atoms with Crippen LogP contribution in [-0.4, -0.2) is 34.0 Å². The normalized spacial score (nSPS) is 20.8. The van der Waals surface area contributed by atoms with Gasteiger partial charge in [0.15, 0.2) is 5.82 Å². The lowest BCUT2D eigenvalue weighted by molar-refractivity contribution is 0.0789. The largest absolute Gasteiger partial charge is 0.343 e. The molecule has 0 spiro atoms. The Bertz CT molecular complexity index is 772. The summed E-state index contributed by atoms with van der Waals surface area (Å²) in [7, 11) is 0. The molecular weight excluding hydrogens is 310 g/mol. The summed E-state index contributed by atoms with van der Waals surface area (Å²) in [6.07, 6.45) is 1.35. The highest BCUT2D eigenvalue weighted by atomic mass is 32.1. The Balaban J connectivity index is 1.65. The van der Waals surface area contributed by atoms with Crippen molar-refractivity contribution in [2.45, 2.75) is 11.8 Å². The Hall–Kier alpha value is -2.47. The first-order chi connectivity index (χ1) is 11.3. The highest BCUT2D eigenvalue weighted by Gasteiger charge is 2.39. The standard InChI is InChI=1S/C17H15N3O2S/c21-17(13-6-7-23-10-13)20-8-14(12-4-2-1-3-5-12)15(9-20)16-18-11-22-19-16/h1-7,10-11,14-15H,8-9H2/t14-,15-/m0/s1. The monoisotopic (exact) mass is 325 g/mol. The first kappa shape index (κ1) is 14.1. The highest BCUT2D eigenvalue weighted by molar-refractivity contribution is 7.08. The number of carbonyl (C=O) groups excluding carboxylic acids is 1. The molecule has 0 radical (unpaired) electrons. The van der Waals surface area contributed by atoms with Crippen molar-refractivity contribution in [1.82, 2.24) is 15.0 Å². The van der Waals surface area contributed by atoms with E-state index in [1.54, 1.807) is 0 Å². The van der Waals surface area contributed by atoms with Gasteiger partial charge in [-0.25, -0.2) is 0 Å². The van der Waals surface area contributed by atoms with Crippen LogP contribution < -0.4 is 0 Å². The van der Waals surface area contributed by atoms with E-state index in [1.165, 1.54) is 23.3 Å². The van der Waals surface area contributed by atoms with E-state index in [0.29, 0.717) is 18.9 Å². The minimum Gasteiger partial charge on any atom is -0.343 e. The molecule has 0 N–H and O–H groups in total. The average molecular weight is 325 g/mol. The second-order valence-electron chi connectivity index (χ2n) is 5.64. The second kappa shape index (κ2) is 5.96. The van der Waals surface area contributed by atoms with Crippen molar-refractivity contribution in [1.29, 1.82) is 0 Å². The number of likely N-dealkylation sites (tertiary alicyclic amines) is 1. The fourth-order valence-electron chi connectivity index (χ4n) is 3.18. The fraction of sp³-hybridized carbons (Fsp3) is 0.235. The van der Waals surface area contributed by atoms with Gasteiger partial charge in [0.2, 0.25) is 6.39 Å². The fourth-order valence-corrected chi connectivity index (χ4v) is 3.81. The van der Waals surface area contributed by atoms with Gasteiger partial charge in [0.1, 0.15) is 0 Å². The van der Waals surface area contributed by atoms with Crippen LogP contribution in [0.2, 0.25) is 0 Å². The minimum absolute atomic E-state index is 0.0544. The van der Waals surface area contributed by atoms with E-state index >= 15 is 0 Å². The van der Waals surface area contributed by atoms with Crippen molar-refractivity contribution in [3.8, 4) is 0 Å². The van der Waals surface area contributed by atoms with E-state index in [-0.39, 0.29) is 17.7 Å². The zero-order valence-corrected chi connectivity index (χ0v) is 13.1. The summed E-state index contributed by atoms with van der Waals surface area (Å²) >= 11 is 1.54. The van der Waals surface area contributed by atoms with Gasteiger partial charge in [0, 0.05) is 30.3 Å². The third-order valence-electron chi connectivity index (χ3n) is 4.31. The van der Waals surface area contributed by atoms with Crippen LogP contribution in [0.5, 0.6) is 0 Å². The number of hydrogen-bond acceptors (Lipinski definition) is 5. The SMILES string of the molecule is O=C(c1ccsc1)N1C[C@H](c2ncon2)[C@H](c2ccccc2)C1. The van der Waals surface area contributed by atoms with Crippen LogP contribution >= 0.6 is 11.3 Å². The molecule has 4 rings (SSSR count). The Morgan fingerprint density at radius 3 is 2.70 bits per heavy atom. The van der Waals surface area contributed by atoms with Crippen LogP contribution in [0.25, 0.3) is 0 Å². The molecule has 3 heterocycles. The Morgan fingerprint density at radius 1 is 1.17 bits per heavy atom. The van der Waals surface area contributed by atoms with Crippen LogP contribution in [-0.2, 0) is 0 Å². The molecule has 2 aromatic heterocycles. The average Bonchev–Trinajstić information content (AvgIpc) is 3.35. The second-order valence-corrected chi connectivity index (χ2v) is 6.42. The lowest BCUT2D eigenvalue weighted by Crippen LogP contribution is -2.28. The quantitative estimate of drug-likeness (QED) is 0.742. The summed E-state index contributed by atoms with van der Waals surface area (Å²) in [5, 5.41) is 7.82. The smallest absolute Gasteiger partial charge is 0.254 e. The van der Waals surface area contributed by atoms with Crippen LogP contribution in [0.4, 0.5) is 0 Å². The maximum Gasteiger partial charge on any atom is 0.254 e. The number of carbonyl (C=O) groups is 1. The lowest BCUT2D eigenvalue weighted by atomic mass is 9.88. The molecule has 1 aliphatic heterocycles. The molecule has 0 bridgehead atoms. The summed E-state index contributed by atoms with van der Waals surface area (Å²) in [5.74, 6) is 0.966. The summed E-state index contributed by atoms with van der Waals surface area (Å²) in [5.41, 5.74) is 1.94. The van der Waals surface area contributed by atoms with Crippen molar-refractivity contribution in [2.24, 2.45) is 0 Å². The third-order valence-corrected chi connectivity index (χ3v) is 5.00. The third kappa shape index (κ3) is 2.66. The molecule has 116 valence electrons. The van der Waals surface area contributed by atoms with Crippen molar-refractivity contribution in [3.05, 3.63) is 70.5 Å².